The number of benzene rings is 1. The first-order valence-electron chi connectivity index (χ1n) is 7.49. The summed E-state index contributed by atoms with van der Waals surface area (Å²) in [5.41, 5.74) is 2.44. The van der Waals surface area contributed by atoms with Gasteiger partial charge in [-0.1, -0.05) is 26.0 Å². The van der Waals surface area contributed by atoms with Gasteiger partial charge in [0, 0.05) is 25.8 Å². The van der Waals surface area contributed by atoms with E-state index in [9.17, 15) is 0 Å². The van der Waals surface area contributed by atoms with Crippen LogP contribution in [0.15, 0.2) is 36.5 Å². The molecule has 1 aromatic carbocycles. The first-order valence-corrected chi connectivity index (χ1v) is 7.49. The van der Waals surface area contributed by atoms with Crippen molar-refractivity contribution in [1.29, 1.82) is 0 Å². The zero-order valence-corrected chi connectivity index (χ0v) is 13.3. The average molecular weight is 287 g/mol. The van der Waals surface area contributed by atoms with Gasteiger partial charge in [-0.3, -0.25) is 4.68 Å². The summed E-state index contributed by atoms with van der Waals surface area (Å²) in [7, 11) is 1.96. The predicted octanol–water partition coefficient (Wildman–Crippen LogP) is 3.31. The molecule has 1 atom stereocenters. The summed E-state index contributed by atoms with van der Waals surface area (Å²) in [5, 5.41) is 7.68. The fourth-order valence-corrected chi connectivity index (χ4v) is 2.07. The Morgan fingerprint density at radius 1 is 1.14 bits per heavy atom. The second-order valence-corrected chi connectivity index (χ2v) is 5.82. The van der Waals surface area contributed by atoms with Crippen molar-refractivity contribution in [2.45, 2.75) is 33.4 Å². The van der Waals surface area contributed by atoms with Crippen LogP contribution in [0.5, 0.6) is 5.75 Å². The van der Waals surface area contributed by atoms with Crippen molar-refractivity contribution in [3.8, 4) is 5.75 Å². The minimum Gasteiger partial charge on any atom is -0.493 e. The highest BCUT2D eigenvalue weighted by Gasteiger charge is 2.07. The number of nitrogens with zero attached hydrogens (tertiary/aromatic N) is 2. The maximum atomic E-state index is 5.70. The van der Waals surface area contributed by atoms with E-state index in [4.69, 9.17) is 4.74 Å². The van der Waals surface area contributed by atoms with Gasteiger partial charge in [0.15, 0.2) is 0 Å². The standard InChI is InChI=1S/C17H25N3O/c1-13(2)12-21-17-7-5-15(6-8-17)14(3)18-11-16-9-10-19-20(16)4/h5-10,13-14,18H,11-12H2,1-4H3. The van der Waals surface area contributed by atoms with Crippen molar-refractivity contribution in [2.75, 3.05) is 6.61 Å². The smallest absolute Gasteiger partial charge is 0.119 e. The summed E-state index contributed by atoms with van der Waals surface area (Å²) in [6.07, 6.45) is 1.82. The number of hydrogen-bond acceptors (Lipinski definition) is 3. The molecule has 4 nitrogen and oxygen atoms in total. The fourth-order valence-electron chi connectivity index (χ4n) is 2.07. The van der Waals surface area contributed by atoms with E-state index in [1.54, 1.807) is 0 Å². The molecule has 0 aliphatic rings. The quantitative estimate of drug-likeness (QED) is 0.849. The third kappa shape index (κ3) is 4.60. The van der Waals surface area contributed by atoms with Gasteiger partial charge in [-0.15, -0.1) is 0 Å². The molecule has 1 aromatic heterocycles. The lowest BCUT2D eigenvalue weighted by Crippen LogP contribution is -2.19. The molecule has 0 radical (unpaired) electrons. The lowest BCUT2D eigenvalue weighted by Gasteiger charge is -2.15. The van der Waals surface area contributed by atoms with E-state index in [0.717, 1.165) is 18.9 Å². The van der Waals surface area contributed by atoms with E-state index in [1.807, 2.05) is 36.1 Å². The minimum absolute atomic E-state index is 0.291. The largest absolute Gasteiger partial charge is 0.493 e. The van der Waals surface area contributed by atoms with Gasteiger partial charge in [-0.05, 0) is 36.6 Å². The van der Waals surface area contributed by atoms with Gasteiger partial charge in [0.05, 0.1) is 12.3 Å². The van der Waals surface area contributed by atoms with E-state index in [2.05, 4.69) is 43.3 Å². The first-order chi connectivity index (χ1) is 10.1. The number of hydrogen-bond donors (Lipinski definition) is 1. The lowest BCUT2D eigenvalue weighted by molar-refractivity contribution is 0.271. The summed E-state index contributed by atoms with van der Waals surface area (Å²) in [6.45, 7) is 8.04. The van der Waals surface area contributed by atoms with Crippen molar-refractivity contribution in [1.82, 2.24) is 15.1 Å². The number of aromatic nitrogens is 2. The van der Waals surface area contributed by atoms with Gasteiger partial charge in [-0.2, -0.15) is 5.10 Å². The van der Waals surface area contributed by atoms with E-state index >= 15 is 0 Å². The number of aryl methyl sites for hydroxylation is 1. The summed E-state index contributed by atoms with van der Waals surface area (Å²) >= 11 is 0. The molecule has 4 heteroatoms. The Labute approximate surface area is 127 Å². The molecule has 2 rings (SSSR count). The molecule has 0 spiro atoms. The van der Waals surface area contributed by atoms with Crippen molar-refractivity contribution in [3.63, 3.8) is 0 Å². The van der Waals surface area contributed by atoms with Crippen LogP contribution in [-0.2, 0) is 13.6 Å². The third-order valence-corrected chi connectivity index (χ3v) is 3.48. The zero-order valence-electron chi connectivity index (χ0n) is 13.3. The second-order valence-electron chi connectivity index (χ2n) is 5.82. The minimum atomic E-state index is 0.291. The normalized spacial score (nSPS) is 12.6. The molecule has 0 aliphatic carbocycles. The predicted molar refractivity (Wildman–Crippen MR) is 85.2 cm³/mol. The van der Waals surface area contributed by atoms with Crippen molar-refractivity contribution in [2.24, 2.45) is 13.0 Å². The van der Waals surface area contributed by atoms with Crippen molar-refractivity contribution < 1.29 is 4.74 Å². The van der Waals surface area contributed by atoms with Crippen LogP contribution in [0, 0.1) is 5.92 Å². The maximum Gasteiger partial charge on any atom is 0.119 e. The zero-order chi connectivity index (χ0) is 15.2. The molecule has 1 heterocycles. The van der Waals surface area contributed by atoms with Crippen LogP contribution >= 0.6 is 0 Å². The number of rotatable bonds is 7. The van der Waals surface area contributed by atoms with Crippen molar-refractivity contribution in [3.05, 3.63) is 47.8 Å². The van der Waals surface area contributed by atoms with Crippen LogP contribution in [0.4, 0.5) is 0 Å². The Morgan fingerprint density at radius 2 is 1.86 bits per heavy atom. The summed E-state index contributed by atoms with van der Waals surface area (Å²) in [6, 6.07) is 10.6. The van der Waals surface area contributed by atoms with Crippen LogP contribution in [-0.4, -0.2) is 16.4 Å². The van der Waals surface area contributed by atoms with E-state index in [-0.39, 0.29) is 0 Å². The fraction of sp³-hybridized carbons (Fsp3) is 0.471. The SMILES string of the molecule is CC(C)COc1ccc(C(C)NCc2ccnn2C)cc1. The molecule has 1 unspecified atom stereocenters. The van der Waals surface area contributed by atoms with Gasteiger partial charge in [0.1, 0.15) is 5.75 Å². The Balaban J connectivity index is 1.87. The molecular formula is C17H25N3O. The van der Waals surface area contributed by atoms with Gasteiger partial charge < -0.3 is 10.1 Å². The van der Waals surface area contributed by atoms with Gasteiger partial charge >= 0.3 is 0 Å². The molecule has 0 amide bonds. The van der Waals surface area contributed by atoms with Crippen LogP contribution in [0.1, 0.15) is 38.1 Å². The summed E-state index contributed by atoms with van der Waals surface area (Å²) in [4.78, 5) is 0. The van der Waals surface area contributed by atoms with Crippen LogP contribution in [0.2, 0.25) is 0 Å². The lowest BCUT2D eigenvalue weighted by atomic mass is 10.1. The molecule has 0 saturated heterocycles. The Bertz CT molecular complexity index is 545. The molecule has 2 aromatic rings. The van der Waals surface area contributed by atoms with E-state index < -0.39 is 0 Å². The highest BCUT2D eigenvalue weighted by Crippen LogP contribution is 2.18. The molecule has 0 bridgehead atoms. The van der Waals surface area contributed by atoms with Gasteiger partial charge in [0.25, 0.3) is 0 Å². The first kappa shape index (κ1) is 15.6. The van der Waals surface area contributed by atoms with Crippen LogP contribution in [0.25, 0.3) is 0 Å². The molecule has 0 saturated carbocycles. The van der Waals surface area contributed by atoms with E-state index in [1.165, 1.54) is 11.3 Å². The van der Waals surface area contributed by atoms with Crippen LogP contribution in [0.3, 0.4) is 0 Å². The van der Waals surface area contributed by atoms with Gasteiger partial charge in [0.2, 0.25) is 0 Å². The maximum absolute atomic E-state index is 5.70. The van der Waals surface area contributed by atoms with Crippen LogP contribution < -0.4 is 10.1 Å². The van der Waals surface area contributed by atoms with E-state index in [0.29, 0.717) is 12.0 Å². The molecule has 1 N–H and O–H groups in total. The molecule has 0 aliphatic heterocycles. The average Bonchev–Trinajstić information content (AvgIpc) is 2.88. The summed E-state index contributed by atoms with van der Waals surface area (Å²) < 4.78 is 7.60. The highest BCUT2D eigenvalue weighted by molar-refractivity contribution is 5.29. The topological polar surface area (TPSA) is 39.1 Å². The third-order valence-electron chi connectivity index (χ3n) is 3.48. The molecule has 21 heavy (non-hydrogen) atoms. The molecular weight excluding hydrogens is 262 g/mol. The Kier molecular flexibility index (Phi) is 5.39. The number of ether oxygens (including phenoxy) is 1. The van der Waals surface area contributed by atoms with Gasteiger partial charge in [-0.25, -0.2) is 0 Å². The monoisotopic (exact) mass is 287 g/mol. The summed E-state index contributed by atoms with van der Waals surface area (Å²) in [5.74, 6) is 1.48. The number of nitrogens with one attached hydrogen (secondary N) is 1. The van der Waals surface area contributed by atoms with Crippen molar-refractivity contribution >= 4 is 0 Å². The Hall–Kier alpha value is -1.81. The molecule has 0 fully saturated rings. The highest BCUT2D eigenvalue weighted by atomic mass is 16.5. The second kappa shape index (κ2) is 7.27. The molecule has 114 valence electrons. The Morgan fingerprint density at radius 3 is 2.43 bits per heavy atom.